The second-order valence-electron chi connectivity index (χ2n) is 2.70. The van der Waals surface area contributed by atoms with Gasteiger partial charge in [-0.05, 0) is 5.44 Å². The van der Waals surface area contributed by atoms with Crippen LogP contribution in [0.25, 0.3) is 0 Å². The molecule has 1 aliphatic rings. The van der Waals surface area contributed by atoms with Gasteiger partial charge in [0, 0.05) is 0 Å². The number of hydrogen-bond donors (Lipinski definition) is 4. The summed E-state index contributed by atoms with van der Waals surface area (Å²) in [6, 6.07) is 0. The van der Waals surface area contributed by atoms with Gasteiger partial charge in [0.25, 0.3) is 0 Å². The second kappa shape index (κ2) is 9.14. The molecule has 8 N–H and O–H groups in total. The maximum absolute atomic E-state index is 9.18. The van der Waals surface area contributed by atoms with Gasteiger partial charge in [0.15, 0.2) is 0 Å². The van der Waals surface area contributed by atoms with E-state index in [0.29, 0.717) is 0 Å². The predicted molar refractivity (Wildman–Crippen MR) is 48.4 cm³/mol. The standard InChI is InChI=1S/C6H12O5S.Na.2H2O/c7-1-2-3(8)4(9)5(10)6(12)11-2;;;/h2-10,12H,1H2;;2*1H2/q;+1;;/p-1/t2-,3-,4+,5-,6+;;;/m1.../s1. The Morgan fingerprint density at radius 1 is 1.00 bits per heavy atom. The fourth-order valence-electron chi connectivity index (χ4n) is 1.07. The molecule has 1 saturated heterocycles. The summed E-state index contributed by atoms with van der Waals surface area (Å²) in [6.07, 6.45) is -4.83. The molecule has 0 aromatic heterocycles. The van der Waals surface area contributed by atoms with Crippen LogP contribution in [0.3, 0.4) is 0 Å². The third kappa shape index (κ3) is 4.84. The molecule has 5 atom stereocenters. The number of ether oxygens (including phenoxy) is 1. The van der Waals surface area contributed by atoms with Crippen LogP contribution in [0.2, 0.25) is 0 Å². The summed E-state index contributed by atoms with van der Waals surface area (Å²) in [5.41, 5.74) is -0.986. The summed E-state index contributed by atoms with van der Waals surface area (Å²) in [7, 11) is 0. The number of aliphatic hydroxyl groups excluding tert-OH is 4. The summed E-state index contributed by atoms with van der Waals surface area (Å²) in [5.74, 6) is 0. The quantitative estimate of drug-likeness (QED) is 0.269. The van der Waals surface area contributed by atoms with Gasteiger partial charge in [-0.1, -0.05) is 0 Å². The first-order valence-corrected chi connectivity index (χ1v) is 4.01. The zero-order valence-electron chi connectivity index (χ0n) is 8.20. The van der Waals surface area contributed by atoms with Gasteiger partial charge in [0.2, 0.25) is 0 Å². The van der Waals surface area contributed by atoms with Crippen LogP contribution in [-0.2, 0) is 17.4 Å². The molecule has 1 heterocycles. The SMILES string of the molecule is O.O.OC[C@H]1O[C@@H]([S-])[C@H](O)[C@@H](O)[C@@H]1O.[Na+]. The second-order valence-corrected chi connectivity index (χ2v) is 3.16. The van der Waals surface area contributed by atoms with Gasteiger partial charge in [-0.25, -0.2) is 0 Å². The van der Waals surface area contributed by atoms with E-state index < -0.39 is 36.5 Å². The molecule has 7 nitrogen and oxygen atoms in total. The van der Waals surface area contributed by atoms with Gasteiger partial charge in [-0.15, -0.1) is 0 Å². The molecule has 0 bridgehead atoms. The molecule has 9 heteroatoms. The van der Waals surface area contributed by atoms with Gasteiger partial charge < -0.3 is 48.7 Å². The van der Waals surface area contributed by atoms with Crippen molar-refractivity contribution >= 4 is 12.6 Å². The minimum Gasteiger partial charge on any atom is -0.759 e. The minimum absolute atomic E-state index is 0. The van der Waals surface area contributed by atoms with Crippen molar-refractivity contribution in [3.8, 4) is 0 Å². The first-order valence-electron chi connectivity index (χ1n) is 3.54. The van der Waals surface area contributed by atoms with Crippen molar-refractivity contribution < 1.29 is 65.7 Å². The van der Waals surface area contributed by atoms with E-state index in [4.69, 9.17) is 20.1 Å². The molecule has 0 radical (unpaired) electrons. The molecule has 0 amide bonds. The third-order valence-electron chi connectivity index (χ3n) is 1.85. The molecule has 0 aliphatic carbocycles. The largest absolute Gasteiger partial charge is 1.00 e. The van der Waals surface area contributed by atoms with Crippen molar-refractivity contribution in [3.63, 3.8) is 0 Å². The number of aliphatic hydroxyl groups is 4. The fraction of sp³-hybridized carbons (Fsp3) is 1.00. The Morgan fingerprint density at radius 2 is 1.47 bits per heavy atom. The zero-order valence-corrected chi connectivity index (χ0v) is 11.0. The summed E-state index contributed by atoms with van der Waals surface area (Å²) < 4.78 is 4.84. The predicted octanol–water partition coefficient (Wildman–Crippen LogP) is -7.31. The maximum Gasteiger partial charge on any atom is 1.00 e. The van der Waals surface area contributed by atoms with Crippen molar-refractivity contribution in [2.45, 2.75) is 29.9 Å². The van der Waals surface area contributed by atoms with E-state index in [0.717, 1.165) is 0 Å². The van der Waals surface area contributed by atoms with Crippen LogP contribution in [0, 0.1) is 0 Å². The summed E-state index contributed by atoms with van der Waals surface area (Å²) in [5, 5.41) is 36.1. The van der Waals surface area contributed by atoms with Crippen molar-refractivity contribution in [1.82, 2.24) is 0 Å². The van der Waals surface area contributed by atoms with Crippen molar-refractivity contribution in [2.24, 2.45) is 0 Å². The first-order chi connectivity index (χ1) is 5.57. The zero-order chi connectivity index (χ0) is 9.30. The Morgan fingerprint density at radius 3 is 1.87 bits per heavy atom. The van der Waals surface area contributed by atoms with E-state index in [1.54, 1.807) is 0 Å². The van der Waals surface area contributed by atoms with Crippen molar-refractivity contribution in [3.05, 3.63) is 0 Å². The van der Waals surface area contributed by atoms with Crippen LogP contribution in [0.1, 0.15) is 0 Å². The Labute approximate surface area is 114 Å². The molecule has 1 rings (SSSR count). The van der Waals surface area contributed by atoms with Gasteiger partial charge >= 0.3 is 29.6 Å². The summed E-state index contributed by atoms with van der Waals surface area (Å²) in [6.45, 7) is -0.432. The molecule has 0 saturated carbocycles. The van der Waals surface area contributed by atoms with Gasteiger partial charge in [0.05, 0.1) is 12.7 Å². The van der Waals surface area contributed by atoms with Gasteiger partial charge in [-0.3, -0.25) is 0 Å². The Hall–Kier alpha value is 1.07. The van der Waals surface area contributed by atoms with E-state index in [1.807, 2.05) is 0 Å². The summed E-state index contributed by atoms with van der Waals surface area (Å²) in [4.78, 5) is 0. The topological polar surface area (TPSA) is 153 Å². The fourth-order valence-corrected chi connectivity index (χ4v) is 1.37. The smallest absolute Gasteiger partial charge is 0.759 e. The number of rotatable bonds is 1. The van der Waals surface area contributed by atoms with Crippen LogP contribution in [0.5, 0.6) is 0 Å². The normalized spacial score (nSPS) is 39.4. The van der Waals surface area contributed by atoms with E-state index in [-0.39, 0.29) is 40.5 Å². The van der Waals surface area contributed by atoms with Crippen LogP contribution in [0.4, 0.5) is 0 Å². The van der Waals surface area contributed by atoms with Crippen LogP contribution >= 0.6 is 0 Å². The van der Waals surface area contributed by atoms with E-state index in [1.165, 1.54) is 0 Å². The Kier molecular flexibility index (Phi) is 13.0. The minimum atomic E-state index is -1.35. The molecular weight excluding hydrogens is 239 g/mol. The van der Waals surface area contributed by atoms with Crippen molar-refractivity contribution in [1.29, 1.82) is 0 Å². The molecule has 0 aromatic rings. The average molecular weight is 254 g/mol. The summed E-state index contributed by atoms with van der Waals surface area (Å²) >= 11 is 4.63. The molecule has 0 aromatic carbocycles. The molecule has 1 aliphatic heterocycles. The third-order valence-corrected chi connectivity index (χ3v) is 2.24. The monoisotopic (exact) mass is 254 g/mol. The van der Waals surface area contributed by atoms with Gasteiger partial charge in [0.1, 0.15) is 18.3 Å². The first kappa shape index (κ1) is 21.4. The number of hydrogen-bond acceptors (Lipinski definition) is 6. The van der Waals surface area contributed by atoms with E-state index in [2.05, 4.69) is 12.6 Å². The maximum atomic E-state index is 9.18. The van der Waals surface area contributed by atoms with Gasteiger partial charge in [-0.2, -0.15) is 0 Å². The van der Waals surface area contributed by atoms with Crippen molar-refractivity contribution in [2.75, 3.05) is 6.61 Å². The molecule has 15 heavy (non-hydrogen) atoms. The van der Waals surface area contributed by atoms with Crippen LogP contribution in [-0.4, -0.2) is 67.8 Å². The average Bonchev–Trinajstić information content (AvgIpc) is 2.08. The van der Waals surface area contributed by atoms with E-state index >= 15 is 0 Å². The molecule has 88 valence electrons. The van der Waals surface area contributed by atoms with E-state index in [9.17, 15) is 5.11 Å². The van der Waals surface area contributed by atoms with Crippen LogP contribution in [0.15, 0.2) is 0 Å². The molecule has 0 unspecified atom stereocenters. The molecule has 1 fully saturated rings. The van der Waals surface area contributed by atoms with Crippen LogP contribution < -0.4 is 29.6 Å². The Balaban J connectivity index is -0.000000480. The Bertz CT molecular complexity index is 158. The molecular formula is C6H15NaO7S. The molecule has 0 spiro atoms.